The lowest BCUT2D eigenvalue weighted by Crippen LogP contribution is -2.30. The van der Waals surface area contributed by atoms with Gasteiger partial charge in [0.1, 0.15) is 11.6 Å². The van der Waals surface area contributed by atoms with Crippen LogP contribution in [-0.4, -0.2) is 25.1 Å². The number of nitrogens with one attached hydrogen (secondary N) is 1. The smallest absolute Gasteiger partial charge is 0.341 e. The van der Waals surface area contributed by atoms with E-state index in [1.54, 1.807) is 24.3 Å². The fourth-order valence-corrected chi connectivity index (χ4v) is 1.85. The van der Waals surface area contributed by atoms with Crippen LogP contribution in [-0.2, 0) is 9.53 Å². The molecule has 120 valence electrons. The van der Waals surface area contributed by atoms with E-state index in [1.165, 1.54) is 32.2 Å². The third-order valence-electron chi connectivity index (χ3n) is 3.08. The van der Waals surface area contributed by atoms with E-state index in [2.05, 4.69) is 5.32 Å². The van der Waals surface area contributed by atoms with Gasteiger partial charge in [-0.15, -0.1) is 0 Å². The maximum Gasteiger partial charge on any atom is 0.341 e. The van der Waals surface area contributed by atoms with Crippen LogP contribution in [0.5, 0.6) is 5.75 Å². The van der Waals surface area contributed by atoms with Gasteiger partial charge in [-0.1, -0.05) is 18.2 Å². The van der Waals surface area contributed by atoms with Gasteiger partial charge < -0.3 is 14.8 Å². The van der Waals surface area contributed by atoms with E-state index in [1.807, 2.05) is 0 Å². The molecule has 5 nitrogen and oxygen atoms in total. The van der Waals surface area contributed by atoms with Gasteiger partial charge in [-0.05, 0) is 31.2 Å². The van der Waals surface area contributed by atoms with Crippen LogP contribution in [0, 0.1) is 5.82 Å². The Hall–Kier alpha value is -2.89. The molecule has 6 heteroatoms. The molecule has 0 saturated carbocycles. The largest absolute Gasteiger partial charge is 0.497 e. The SMILES string of the molecule is COc1cccc(NC(=O)[C@@H](C)OC(=O)c2ccccc2F)c1. The molecule has 1 atom stereocenters. The molecule has 0 aliphatic heterocycles. The zero-order chi connectivity index (χ0) is 16.8. The quantitative estimate of drug-likeness (QED) is 0.861. The number of halogens is 1. The Morgan fingerprint density at radius 2 is 1.87 bits per heavy atom. The summed E-state index contributed by atoms with van der Waals surface area (Å²) in [7, 11) is 1.51. The minimum atomic E-state index is -1.08. The van der Waals surface area contributed by atoms with Crippen molar-refractivity contribution in [3.8, 4) is 5.75 Å². The van der Waals surface area contributed by atoms with Crippen LogP contribution in [0.15, 0.2) is 48.5 Å². The molecule has 0 unspecified atom stereocenters. The maximum absolute atomic E-state index is 13.5. The number of benzene rings is 2. The molecule has 0 radical (unpaired) electrons. The number of carbonyl (C=O) groups is 2. The fourth-order valence-electron chi connectivity index (χ4n) is 1.85. The summed E-state index contributed by atoms with van der Waals surface area (Å²) in [6.07, 6.45) is -1.08. The van der Waals surface area contributed by atoms with Gasteiger partial charge in [0.2, 0.25) is 0 Å². The van der Waals surface area contributed by atoms with E-state index in [0.717, 1.165) is 6.07 Å². The third kappa shape index (κ3) is 4.29. The van der Waals surface area contributed by atoms with Crippen LogP contribution in [0.3, 0.4) is 0 Å². The lowest BCUT2D eigenvalue weighted by atomic mass is 10.2. The lowest BCUT2D eigenvalue weighted by Gasteiger charge is -2.14. The highest BCUT2D eigenvalue weighted by Gasteiger charge is 2.21. The van der Waals surface area contributed by atoms with Crippen LogP contribution in [0.4, 0.5) is 10.1 Å². The predicted octanol–water partition coefficient (Wildman–Crippen LogP) is 3.02. The number of rotatable bonds is 5. The molecule has 0 aromatic heterocycles. The standard InChI is InChI=1S/C17H16FNO4/c1-11(23-17(21)14-8-3-4-9-15(14)18)16(20)19-12-6-5-7-13(10-12)22-2/h3-11H,1-2H3,(H,19,20)/t11-/m1/s1. The first kappa shape index (κ1) is 16.5. The zero-order valence-corrected chi connectivity index (χ0v) is 12.7. The summed E-state index contributed by atoms with van der Waals surface area (Å²) in [6.45, 7) is 1.41. The Morgan fingerprint density at radius 1 is 1.13 bits per heavy atom. The van der Waals surface area contributed by atoms with Crippen LogP contribution in [0.2, 0.25) is 0 Å². The topological polar surface area (TPSA) is 64.6 Å². The number of carbonyl (C=O) groups excluding carboxylic acids is 2. The number of hydrogen-bond acceptors (Lipinski definition) is 4. The molecule has 2 aromatic carbocycles. The highest BCUT2D eigenvalue weighted by molar-refractivity contribution is 5.97. The second kappa shape index (κ2) is 7.40. The van der Waals surface area contributed by atoms with Crippen LogP contribution in [0.25, 0.3) is 0 Å². The van der Waals surface area contributed by atoms with Gasteiger partial charge >= 0.3 is 5.97 Å². The Labute approximate surface area is 133 Å². The Bertz CT molecular complexity index is 717. The first-order valence-corrected chi connectivity index (χ1v) is 6.91. The molecule has 0 fully saturated rings. The monoisotopic (exact) mass is 317 g/mol. The molecule has 0 saturated heterocycles. The van der Waals surface area contributed by atoms with Crippen molar-refractivity contribution in [2.75, 3.05) is 12.4 Å². The normalized spacial score (nSPS) is 11.4. The van der Waals surface area contributed by atoms with E-state index in [0.29, 0.717) is 11.4 Å². The molecule has 0 heterocycles. The number of methoxy groups -OCH3 is 1. The second-order valence-corrected chi connectivity index (χ2v) is 4.75. The molecular formula is C17H16FNO4. The molecule has 1 amide bonds. The second-order valence-electron chi connectivity index (χ2n) is 4.75. The first-order chi connectivity index (χ1) is 11.0. The molecular weight excluding hydrogens is 301 g/mol. The third-order valence-corrected chi connectivity index (χ3v) is 3.08. The number of esters is 1. The van der Waals surface area contributed by atoms with Crippen molar-refractivity contribution in [2.24, 2.45) is 0 Å². The molecule has 1 N–H and O–H groups in total. The van der Waals surface area contributed by atoms with Gasteiger partial charge in [-0.2, -0.15) is 0 Å². The van der Waals surface area contributed by atoms with Crippen molar-refractivity contribution in [2.45, 2.75) is 13.0 Å². The van der Waals surface area contributed by atoms with E-state index >= 15 is 0 Å². The Kier molecular flexibility index (Phi) is 5.30. The maximum atomic E-state index is 13.5. The average molecular weight is 317 g/mol. The molecule has 0 bridgehead atoms. The van der Waals surface area contributed by atoms with Gasteiger partial charge in [0.05, 0.1) is 12.7 Å². The number of ether oxygens (including phenoxy) is 2. The Morgan fingerprint density at radius 3 is 2.57 bits per heavy atom. The average Bonchev–Trinajstić information content (AvgIpc) is 2.55. The summed E-state index contributed by atoms with van der Waals surface area (Å²) in [4.78, 5) is 23.9. The van der Waals surface area contributed by atoms with Crippen molar-refractivity contribution >= 4 is 17.6 Å². The summed E-state index contributed by atoms with van der Waals surface area (Å²) < 4.78 is 23.5. The molecule has 2 rings (SSSR count). The molecule has 0 spiro atoms. The van der Waals surface area contributed by atoms with E-state index in [-0.39, 0.29) is 5.56 Å². The van der Waals surface area contributed by atoms with Crippen LogP contribution < -0.4 is 10.1 Å². The van der Waals surface area contributed by atoms with Gasteiger partial charge in [0, 0.05) is 11.8 Å². The number of anilines is 1. The molecule has 0 aliphatic rings. The summed E-state index contributed by atoms with van der Waals surface area (Å²) >= 11 is 0. The van der Waals surface area contributed by atoms with Crippen molar-refractivity contribution in [3.05, 3.63) is 59.9 Å². The number of amides is 1. The molecule has 23 heavy (non-hydrogen) atoms. The van der Waals surface area contributed by atoms with Gasteiger partial charge in [-0.25, -0.2) is 9.18 Å². The van der Waals surface area contributed by atoms with Gasteiger partial charge in [-0.3, -0.25) is 4.79 Å². The fraction of sp³-hybridized carbons (Fsp3) is 0.176. The summed E-state index contributed by atoms with van der Waals surface area (Å²) in [5, 5.41) is 2.60. The van der Waals surface area contributed by atoms with Gasteiger partial charge in [0.25, 0.3) is 5.91 Å². The van der Waals surface area contributed by atoms with Crippen LogP contribution in [0.1, 0.15) is 17.3 Å². The zero-order valence-electron chi connectivity index (χ0n) is 12.7. The predicted molar refractivity (Wildman–Crippen MR) is 82.9 cm³/mol. The van der Waals surface area contributed by atoms with Gasteiger partial charge in [0.15, 0.2) is 6.10 Å². The van der Waals surface area contributed by atoms with Crippen molar-refractivity contribution in [1.29, 1.82) is 0 Å². The van der Waals surface area contributed by atoms with Crippen molar-refractivity contribution in [3.63, 3.8) is 0 Å². The lowest BCUT2D eigenvalue weighted by molar-refractivity contribution is -0.123. The highest BCUT2D eigenvalue weighted by Crippen LogP contribution is 2.17. The van der Waals surface area contributed by atoms with E-state index < -0.39 is 23.8 Å². The summed E-state index contributed by atoms with van der Waals surface area (Å²) in [5.74, 6) is -1.53. The first-order valence-electron chi connectivity index (χ1n) is 6.91. The minimum absolute atomic E-state index is 0.214. The Balaban J connectivity index is 1.99. The number of hydrogen-bond donors (Lipinski definition) is 1. The molecule has 0 aliphatic carbocycles. The molecule has 2 aromatic rings. The van der Waals surface area contributed by atoms with Crippen molar-refractivity contribution < 1.29 is 23.5 Å². The highest BCUT2D eigenvalue weighted by atomic mass is 19.1. The van der Waals surface area contributed by atoms with Crippen LogP contribution >= 0.6 is 0 Å². The minimum Gasteiger partial charge on any atom is -0.497 e. The van der Waals surface area contributed by atoms with Crippen molar-refractivity contribution in [1.82, 2.24) is 0 Å². The summed E-state index contributed by atoms with van der Waals surface area (Å²) in [5.41, 5.74) is 0.289. The summed E-state index contributed by atoms with van der Waals surface area (Å²) in [6, 6.07) is 12.2. The van der Waals surface area contributed by atoms with E-state index in [4.69, 9.17) is 9.47 Å². The van der Waals surface area contributed by atoms with E-state index in [9.17, 15) is 14.0 Å².